The minimum Gasteiger partial charge on any atom is -0.464 e. The highest BCUT2D eigenvalue weighted by Crippen LogP contribution is 2.23. The molecule has 0 saturated heterocycles. The van der Waals surface area contributed by atoms with E-state index in [1.807, 2.05) is 63.2 Å². The number of hydrogen-bond donors (Lipinski definition) is 0. The maximum absolute atomic E-state index is 13.5. The molecule has 3 aromatic rings. The zero-order valence-electron chi connectivity index (χ0n) is 19.8. The van der Waals surface area contributed by atoms with Gasteiger partial charge in [-0.3, -0.25) is 9.59 Å². The van der Waals surface area contributed by atoms with Crippen molar-refractivity contribution in [2.45, 2.75) is 33.7 Å². The molecule has 5 nitrogen and oxygen atoms in total. The number of benzene rings is 2. The molecule has 0 radical (unpaired) electrons. The molecule has 0 N–H and O–H groups in total. The first-order chi connectivity index (χ1) is 16.2. The Morgan fingerprint density at radius 2 is 1.68 bits per heavy atom. The van der Waals surface area contributed by atoms with Crippen molar-refractivity contribution in [1.29, 1.82) is 0 Å². The summed E-state index contributed by atoms with van der Waals surface area (Å²) in [7, 11) is 0. The van der Waals surface area contributed by atoms with Gasteiger partial charge in [-0.25, -0.2) is 0 Å². The molecule has 0 bridgehead atoms. The van der Waals surface area contributed by atoms with Crippen LogP contribution in [0.1, 0.15) is 41.3 Å². The molecular formula is C27H30Cl2N2O3. The number of hydrogen-bond acceptors (Lipinski definition) is 3. The molecule has 2 amide bonds. The fourth-order valence-corrected chi connectivity index (χ4v) is 3.99. The molecule has 1 aromatic heterocycles. The number of rotatable bonds is 10. The van der Waals surface area contributed by atoms with Crippen LogP contribution in [-0.2, 0) is 17.8 Å². The summed E-state index contributed by atoms with van der Waals surface area (Å²) in [5, 5.41) is 0.687. The lowest BCUT2D eigenvalue weighted by atomic mass is 10.1. The largest absolute Gasteiger partial charge is 0.464 e. The Hall–Kier alpha value is -2.76. The van der Waals surface area contributed by atoms with Gasteiger partial charge in [0.1, 0.15) is 18.1 Å². The van der Waals surface area contributed by atoms with E-state index in [1.54, 1.807) is 28.0 Å². The molecule has 34 heavy (non-hydrogen) atoms. The summed E-state index contributed by atoms with van der Waals surface area (Å²) in [5.74, 6) is 1.30. The number of aryl methyl sites for hydroxylation is 1. The third-order valence-corrected chi connectivity index (χ3v) is 6.11. The number of halogens is 2. The van der Waals surface area contributed by atoms with Crippen LogP contribution < -0.4 is 0 Å². The summed E-state index contributed by atoms with van der Waals surface area (Å²) in [5.41, 5.74) is 1.54. The Kier molecular flexibility index (Phi) is 9.20. The average Bonchev–Trinajstić information content (AvgIpc) is 3.22. The lowest BCUT2D eigenvalue weighted by molar-refractivity contribution is -0.132. The van der Waals surface area contributed by atoms with Crippen molar-refractivity contribution in [3.05, 3.63) is 93.4 Å². The van der Waals surface area contributed by atoms with Crippen molar-refractivity contribution in [2.24, 2.45) is 5.92 Å². The second kappa shape index (κ2) is 12.1. The van der Waals surface area contributed by atoms with Gasteiger partial charge >= 0.3 is 0 Å². The summed E-state index contributed by atoms with van der Waals surface area (Å²) in [6.07, 6.45) is 0.706. The Morgan fingerprint density at radius 1 is 0.941 bits per heavy atom. The van der Waals surface area contributed by atoms with Gasteiger partial charge in [0.15, 0.2) is 0 Å². The highest BCUT2D eigenvalue weighted by Gasteiger charge is 2.24. The summed E-state index contributed by atoms with van der Waals surface area (Å²) in [4.78, 5) is 30.1. The maximum atomic E-state index is 13.5. The number of furan rings is 1. The number of carbonyl (C=O) groups excluding carboxylic acids is 2. The van der Waals surface area contributed by atoms with Crippen LogP contribution in [0.5, 0.6) is 0 Å². The quantitative estimate of drug-likeness (QED) is 0.329. The van der Waals surface area contributed by atoms with Gasteiger partial charge in [-0.05, 0) is 55.2 Å². The van der Waals surface area contributed by atoms with E-state index >= 15 is 0 Å². The third kappa shape index (κ3) is 7.37. The minimum atomic E-state index is -0.252. The monoisotopic (exact) mass is 500 g/mol. The van der Waals surface area contributed by atoms with Crippen molar-refractivity contribution >= 4 is 35.0 Å². The Bertz CT molecular complexity index is 1110. The van der Waals surface area contributed by atoms with Crippen LogP contribution >= 0.6 is 23.2 Å². The van der Waals surface area contributed by atoms with E-state index in [2.05, 4.69) is 0 Å². The molecule has 180 valence electrons. The van der Waals surface area contributed by atoms with Gasteiger partial charge in [-0.1, -0.05) is 67.4 Å². The van der Waals surface area contributed by atoms with E-state index in [0.717, 1.165) is 11.3 Å². The molecule has 3 rings (SSSR count). The van der Waals surface area contributed by atoms with Crippen molar-refractivity contribution in [2.75, 3.05) is 19.6 Å². The van der Waals surface area contributed by atoms with Gasteiger partial charge in [-0.2, -0.15) is 0 Å². The molecule has 0 aliphatic carbocycles. The fourth-order valence-electron chi connectivity index (χ4n) is 3.69. The van der Waals surface area contributed by atoms with E-state index in [1.165, 1.54) is 0 Å². The molecule has 0 aliphatic rings. The summed E-state index contributed by atoms with van der Waals surface area (Å²) < 4.78 is 5.73. The van der Waals surface area contributed by atoms with Crippen LogP contribution in [0.2, 0.25) is 10.0 Å². The highest BCUT2D eigenvalue weighted by atomic mass is 35.5. The Balaban J connectivity index is 1.79. The van der Waals surface area contributed by atoms with Crippen molar-refractivity contribution in [1.82, 2.24) is 9.80 Å². The van der Waals surface area contributed by atoms with Crippen molar-refractivity contribution < 1.29 is 14.0 Å². The van der Waals surface area contributed by atoms with Crippen LogP contribution in [0.3, 0.4) is 0 Å². The van der Waals surface area contributed by atoms with Gasteiger partial charge in [0.05, 0.1) is 16.6 Å². The number of carbonyl (C=O) groups is 2. The summed E-state index contributed by atoms with van der Waals surface area (Å²) in [6.45, 7) is 7.16. The van der Waals surface area contributed by atoms with Gasteiger partial charge in [0.25, 0.3) is 5.91 Å². The molecule has 0 unspecified atom stereocenters. The summed E-state index contributed by atoms with van der Waals surface area (Å²) in [6, 6.07) is 18.6. The SMILES string of the molecule is Cc1ccc(CN(CCc2ccccc2)C(=O)CN(CC(C)C)C(=O)c2ccc(Cl)c(Cl)c2)o1. The number of amides is 2. The third-order valence-electron chi connectivity index (χ3n) is 5.37. The maximum Gasteiger partial charge on any atom is 0.254 e. The van der Waals surface area contributed by atoms with Crippen LogP contribution in [0.25, 0.3) is 0 Å². The van der Waals surface area contributed by atoms with Gasteiger partial charge < -0.3 is 14.2 Å². The summed E-state index contributed by atoms with van der Waals surface area (Å²) >= 11 is 12.1. The molecule has 0 spiro atoms. The van der Waals surface area contributed by atoms with E-state index in [9.17, 15) is 9.59 Å². The van der Waals surface area contributed by atoms with E-state index in [-0.39, 0.29) is 24.3 Å². The second-order valence-corrected chi connectivity index (χ2v) is 9.59. The van der Waals surface area contributed by atoms with Gasteiger partial charge in [0.2, 0.25) is 5.91 Å². The Morgan fingerprint density at radius 3 is 2.29 bits per heavy atom. The van der Waals surface area contributed by atoms with Crippen LogP contribution in [-0.4, -0.2) is 41.2 Å². The molecule has 1 heterocycles. The predicted octanol–water partition coefficient (Wildman–Crippen LogP) is 6.26. The molecule has 0 saturated carbocycles. The molecule has 0 aliphatic heterocycles. The first-order valence-corrected chi connectivity index (χ1v) is 12.1. The lowest BCUT2D eigenvalue weighted by Crippen LogP contribution is -2.44. The fraction of sp³-hybridized carbons (Fsp3) is 0.333. The topological polar surface area (TPSA) is 53.8 Å². The normalized spacial score (nSPS) is 11.0. The highest BCUT2D eigenvalue weighted by molar-refractivity contribution is 6.42. The van der Waals surface area contributed by atoms with Crippen LogP contribution in [0.4, 0.5) is 0 Å². The zero-order chi connectivity index (χ0) is 24.7. The van der Waals surface area contributed by atoms with E-state index in [4.69, 9.17) is 27.6 Å². The Labute approximate surface area is 211 Å². The van der Waals surface area contributed by atoms with Crippen LogP contribution in [0, 0.1) is 12.8 Å². The molecule has 7 heteroatoms. The molecule has 0 atom stereocenters. The smallest absolute Gasteiger partial charge is 0.254 e. The van der Waals surface area contributed by atoms with Gasteiger partial charge in [-0.15, -0.1) is 0 Å². The molecular weight excluding hydrogens is 471 g/mol. The first kappa shape index (κ1) is 25.9. The lowest BCUT2D eigenvalue weighted by Gasteiger charge is -2.28. The van der Waals surface area contributed by atoms with Crippen molar-refractivity contribution in [3.8, 4) is 0 Å². The number of nitrogens with zero attached hydrogens (tertiary/aromatic N) is 2. The standard InChI is InChI=1S/C27H30Cl2N2O3/c1-19(2)16-31(27(33)22-10-12-24(28)25(29)15-22)18-26(32)30(17-23-11-9-20(3)34-23)14-13-21-7-5-4-6-8-21/h4-12,15,19H,13-14,16-18H2,1-3H3. The van der Waals surface area contributed by atoms with E-state index < -0.39 is 0 Å². The minimum absolute atomic E-state index is 0.0360. The predicted molar refractivity (Wildman–Crippen MR) is 136 cm³/mol. The van der Waals surface area contributed by atoms with E-state index in [0.29, 0.717) is 47.4 Å². The average molecular weight is 501 g/mol. The first-order valence-electron chi connectivity index (χ1n) is 11.3. The van der Waals surface area contributed by atoms with Gasteiger partial charge in [0, 0.05) is 18.7 Å². The molecule has 0 fully saturated rings. The molecule has 2 aromatic carbocycles. The second-order valence-electron chi connectivity index (χ2n) is 8.77. The zero-order valence-corrected chi connectivity index (χ0v) is 21.3. The van der Waals surface area contributed by atoms with Crippen molar-refractivity contribution in [3.63, 3.8) is 0 Å². The van der Waals surface area contributed by atoms with Crippen LogP contribution in [0.15, 0.2) is 65.1 Å².